The summed E-state index contributed by atoms with van der Waals surface area (Å²) in [7, 11) is 0. The molecule has 2 aromatic rings. The Kier molecular flexibility index (Phi) is 4.40. The Morgan fingerprint density at radius 2 is 1.86 bits per heavy atom. The highest BCUT2D eigenvalue weighted by molar-refractivity contribution is 5.47. The van der Waals surface area contributed by atoms with Crippen LogP contribution in [0.2, 0.25) is 0 Å². The van der Waals surface area contributed by atoms with Gasteiger partial charge in [-0.3, -0.25) is 0 Å². The maximum atomic E-state index is 12.0. The molecule has 0 atom stereocenters. The number of hydrogen-bond acceptors (Lipinski definition) is 4. The molecule has 0 saturated heterocycles. The van der Waals surface area contributed by atoms with Gasteiger partial charge in [-0.1, -0.05) is 5.16 Å². The van der Waals surface area contributed by atoms with E-state index < -0.39 is 12.8 Å². The topological polar surface area (TPSA) is 47.3 Å². The number of benzene rings is 1. The van der Waals surface area contributed by atoms with E-state index in [4.69, 9.17) is 4.52 Å². The minimum Gasteiger partial charge on any atom is -0.484 e. The summed E-state index contributed by atoms with van der Waals surface area (Å²) in [6.45, 7) is 2.91. The summed E-state index contributed by atoms with van der Waals surface area (Å²) in [5, 5.41) is 7.00. The van der Waals surface area contributed by atoms with Gasteiger partial charge in [-0.25, -0.2) is 0 Å². The van der Waals surface area contributed by atoms with Gasteiger partial charge >= 0.3 is 6.18 Å². The molecule has 21 heavy (non-hydrogen) atoms. The third kappa shape index (κ3) is 4.40. The standard InChI is InChI=1S/C14H15F3N2O2/c1-9-13(10(2)21-19-9)7-18-11-3-5-12(6-4-11)20-8-14(15,16)17/h3-6,18H,7-8H2,1-2H3. The molecule has 7 heteroatoms. The van der Waals surface area contributed by atoms with Gasteiger partial charge in [-0.15, -0.1) is 0 Å². The number of rotatable bonds is 5. The zero-order valence-electron chi connectivity index (χ0n) is 11.6. The average molecular weight is 300 g/mol. The number of aryl methyl sites for hydroxylation is 2. The van der Waals surface area contributed by atoms with E-state index in [0.29, 0.717) is 6.54 Å². The van der Waals surface area contributed by atoms with Crippen LogP contribution in [0.3, 0.4) is 0 Å². The zero-order chi connectivity index (χ0) is 15.5. The molecule has 0 aliphatic heterocycles. The van der Waals surface area contributed by atoms with Crippen molar-refractivity contribution in [3.63, 3.8) is 0 Å². The summed E-state index contributed by atoms with van der Waals surface area (Å²) in [5.74, 6) is 0.917. The van der Waals surface area contributed by atoms with Crippen LogP contribution in [-0.2, 0) is 6.54 Å². The normalized spacial score (nSPS) is 11.5. The molecule has 0 unspecified atom stereocenters. The Morgan fingerprint density at radius 1 is 1.19 bits per heavy atom. The van der Waals surface area contributed by atoms with Gasteiger partial charge < -0.3 is 14.6 Å². The second-order valence-corrected chi connectivity index (χ2v) is 4.58. The van der Waals surface area contributed by atoms with Crippen LogP contribution >= 0.6 is 0 Å². The molecule has 0 bridgehead atoms. The molecule has 114 valence electrons. The first kappa shape index (κ1) is 15.2. The fraction of sp³-hybridized carbons (Fsp3) is 0.357. The highest BCUT2D eigenvalue weighted by Crippen LogP contribution is 2.21. The Hall–Kier alpha value is -2.18. The highest BCUT2D eigenvalue weighted by Gasteiger charge is 2.28. The Balaban J connectivity index is 1.91. The molecule has 1 aromatic carbocycles. The smallest absolute Gasteiger partial charge is 0.422 e. The van der Waals surface area contributed by atoms with Gasteiger partial charge in [0, 0.05) is 17.8 Å². The lowest BCUT2D eigenvalue weighted by atomic mass is 10.2. The molecule has 0 spiro atoms. The molecular formula is C14H15F3N2O2. The minimum atomic E-state index is -4.33. The molecule has 0 amide bonds. The van der Waals surface area contributed by atoms with E-state index in [1.54, 1.807) is 12.1 Å². The first-order chi connectivity index (χ1) is 9.85. The van der Waals surface area contributed by atoms with Crippen molar-refractivity contribution in [1.82, 2.24) is 5.16 Å². The van der Waals surface area contributed by atoms with Crippen LogP contribution in [0, 0.1) is 13.8 Å². The maximum Gasteiger partial charge on any atom is 0.422 e. The molecule has 1 aromatic heterocycles. The number of halogens is 3. The number of hydrogen-bond donors (Lipinski definition) is 1. The summed E-state index contributed by atoms with van der Waals surface area (Å²) >= 11 is 0. The van der Waals surface area contributed by atoms with E-state index in [2.05, 4.69) is 15.2 Å². The van der Waals surface area contributed by atoms with Crippen molar-refractivity contribution in [2.24, 2.45) is 0 Å². The lowest BCUT2D eigenvalue weighted by molar-refractivity contribution is -0.153. The van der Waals surface area contributed by atoms with Gasteiger partial charge in [0.25, 0.3) is 0 Å². The molecule has 0 aliphatic carbocycles. The van der Waals surface area contributed by atoms with Gasteiger partial charge in [-0.05, 0) is 38.1 Å². The maximum absolute atomic E-state index is 12.0. The minimum absolute atomic E-state index is 0.176. The van der Waals surface area contributed by atoms with Crippen LogP contribution < -0.4 is 10.1 Å². The number of nitrogens with one attached hydrogen (secondary N) is 1. The lowest BCUT2D eigenvalue weighted by Crippen LogP contribution is -2.19. The van der Waals surface area contributed by atoms with Crippen molar-refractivity contribution < 1.29 is 22.4 Å². The summed E-state index contributed by atoms with van der Waals surface area (Å²) in [6.07, 6.45) is -4.33. The van der Waals surface area contributed by atoms with Crippen LogP contribution in [-0.4, -0.2) is 17.9 Å². The molecule has 0 aliphatic rings. The lowest BCUT2D eigenvalue weighted by Gasteiger charge is -2.10. The van der Waals surface area contributed by atoms with Gasteiger partial charge in [0.1, 0.15) is 11.5 Å². The van der Waals surface area contributed by atoms with Gasteiger partial charge in [0.2, 0.25) is 0 Å². The van der Waals surface area contributed by atoms with Crippen LogP contribution in [0.4, 0.5) is 18.9 Å². The van der Waals surface area contributed by atoms with Crippen molar-refractivity contribution in [2.45, 2.75) is 26.6 Å². The summed E-state index contributed by atoms with van der Waals surface area (Å²) in [6, 6.07) is 6.29. The second kappa shape index (κ2) is 6.07. The second-order valence-electron chi connectivity index (χ2n) is 4.58. The third-order valence-electron chi connectivity index (χ3n) is 2.91. The fourth-order valence-corrected chi connectivity index (χ4v) is 1.78. The third-order valence-corrected chi connectivity index (χ3v) is 2.91. The Morgan fingerprint density at radius 3 is 2.38 bits per heavy atom. The van der Waals surface area contributed by atoms with Crippen molar-refractivity contribution in [3.05, 3.63) is 41.3 Å². The number of nitrogens with zero attached hydrogens (tertiary/aromatic N) is 1. The molecule has 4 nitrogen and oxygen atoms in total. The summed E-state index contributed by atoms with van der Waals surface area (Å²) in [4.78, 5) is 0. The quantitative estimate of drug-likeness (QED) is 0.911. The van der Waals surface area contributed by atoms with Crippen LogP contribution in [0.1, 0.15) is 17.0 Å². The zero-order valence-corrected chi connectivity index (χ0v) is 11.6. The van der Waals surface area contributed by atoms with E-state index in [1.165, 1.54) is 12.1 Å². The van der Waals surface area contributed by atoms with E-state index in [9.17, 15) is 13.2 Å². The predicted octanol–water partition coefficient (Wildman–Crippen LogP) is 3.84. The molecule has 0 saturated carbocycles. The van der Waals surface area contributed by atoms with E-state index in [1.807, 2.05) is 13.8 Å². The molecular weight excluding hydrogens is 285 g/mol. The predicted molar refractivity (Wildman–Crippen MR) is 71.3 cm³/mol. The number of anilines is 1. The Bertz CT molecular complexity index is 572. The molecule has 0 fully saturated rings. The van der Waals surface area contributed by atoms with E-state index in [-0.39, 0.29) is 5.75 Å². The van der Waals surface area contributed by atoms with Gasteiger partial charge in [0.15, 0.2) is 6.61 Å². The number of alkyl halides is 3. The number of aromatic nitrogens is 1. The van der Waals surface area contributed by atoms with Crippen molar-refractivity contribution in [2.75, 3.05) is 11.9 Å². The van der Waals surface area contributed by atoms with Crippen molar-refractivity contribution >= 4 is 5.69 Å². The molecule has 1 N–H and O–H groups in total. The van der Waals surface area contributed by atoms with Gasteiger partial charge in [-0.2, -0.15) is 13.2 Å². The molecule has 1 heterocycles. The SMILES string of the molecule is Cc1noc(C)c1CNc1ccc(OCC(F)(F)F)cc1. The molecule has 2 rings (SSSR count). The molecule has 0 radical (unpaired) electrons. The summed E-state index contributed by atoms with van der Waals surface area (Å²) < 4.78 is 45.8. The Labute approximate surface area is 119 Å². The van der Waals surface area contributed by atoms with Crippen molar-refractivity contribution in [1.29, 1.82) is 0 Å². The van der Waals surface area contributed by atoms with Crippen LogP contribution in [0.25, 0.3) is 0 Å². The van der Waals surface area contributed by atoms with Gasteiger partial charge in [0.05, 0.1) is 5.69 Å². The van der Waals surface area contributed by atoms with Crippen LogP contribution in [0.5, 0.6) is 5.75 Å². The first-order valence-corrected chi connectivity index (χ1v) is 6.30. The van der Waals surface area contributed by atoms with E-state index >= 15 is 0 Å². The van der Waals surface area contributed by atoms with Crippen molar-refractivity contribution in [3.8, 4) is 5.75 Å². The van der Waals surface area contributed by atoms with Crippen LogP contribution in [0.15, 0.2) is 28.8 Å². The number of ether oxygens (including phenoxy) is 1. The summed E-state index contributed by atoms with van der Waals surface area (Å²) in [5.41, 5.74) is 2.55. The fourth-order valence-electron chi connectivity index (χ4n) is 1.78. The largest absolute Gasteiger partial charge is 0.484 e. The highest BCUT2D eigenvalue weighted by atomic mass is 19.4. The first-order valence-electron chi connectivity index (χ1n) is 6.30. The average Bonchev–Trinajstić information content (AvgIpc) is 2.74. The van der Waals surface area contributed by atoms with E-state index in [0.717, 1.165) is 22.7 Å². The monoisotopic (exact) mass is 300 g/mol.